The van der Waals surface area contributed by atoms with Gasteiger partial charge in [0.1, 0.15) is 5.75 Å². The summed E-state index contributed by atoms with van der Waals surface area (Å²) in [5, 5.41) is 4.04. The number of hydrazone groups is 1. The summed E-state index contributed by atoms with van der Waals surface area (Å²) in [6.07, 6.45) is 2.58. The van der Waals surface area contributed by atoms with E-state index in [0.717, 1.165) is 22.2 Å². The maximum atomic E-state index is 5.59. The van der Waals surface area contributed by atoms with Gasteiger partial charge in [0.05, 0.1) is 12.8 Å². The minimum atomic E-state index is 0.132. The van der Waals surface area contributed by atoms with Crippen molar-refractivity contribution in [2.45, 2.75) is 13.3 Å². The minimum absolute atomic E-state index is 0.132. The number of nitrogens with two attached hydrogens (primary N) is 1. The molecule has 0 atom stereocenters. The Kier molecular flexibility index (Phi) is 5.93. The molecule has 0 radical (unpaired) electrons. The largest absolute Gasteiger partial charge is 0.493 e. The van der Waals surface area contributed by atoms with E-state index >= 15 is 0 Å². The first-order valence-corrected chi connectivity index (χ1v) is 6.34. The second-order valence-corrected chi connectivity index (χ2v) is 4.62. The van der Waals surface area contributed by atoms with Crippen LogP contribution in [0.4, 0.5) is 0 Å². The Labute approximate surface area is 114 Å². The lowest BCUT2D eigenvalue weighted by atomic mass is 10.2. The molecule has 0 unspecified atom stereocenters. The highest BCUT2D eigenvalue weighted by Crippen LogP contribution is 2.21. The molecule has 1 aromatic rings. The van der Waals surface area contributed by atoms with Gasteiger partial charge in [-0.2, -0.15) is 5.10 Å². The summed E-state index contributed by atoms with van der Waals surface area (Å²) in [5.41, 5.74) is 8.63. The van der Waals surface area contributed by atoms with Crippen molar-refractivity contribution < 1.29 is 4.74 Å². The van der Waals surface area contributed by atoms with Crippen LogP contribution in [0.1, 0.15) is 18.9 Å². The second-order valence-electron chi connectivity index (χ2n) is 3.26. The highest BCUT2D eigenvalue weighted by molar-refractivity contribution is 9.10. The van der Waals surface area contributed by atoms with Crippen LogP contribution < -0.4 is 15.9 Å². The average molecular weight is 316 g/mol. The first kappa shape index (κ1) is 13.9. The summed E-state index contributed by atoms with van der Waals surface area (Å²) in [7, 11) is 0. The lowest BCUT2D eigenvalue weighted by Gasteiger charge is -2.08. The van der Waals surface area contributed by atoms with E-state index < -0.39 is 0 Å². The topological polar surface area (TPSA) is 59.6 Å². The van der Waals surface area contributed by atoms with Crippen LogP contribution in [0.15, 0.2) is 27.8 Å². The Hall–Kier alpha value is -1.14. The van der Waals surface area contributed by atoms with Gasteiger partial charge in [0, 0.05) is 10.0 Å². The molecule has 1 aromatic carbocycles. The molecule has 0 saturated carbocycles. The fraction of sp³-hybridized carbons (Fsp3) is 0.273. The number of rotatable bonds is 5. The number of halogens is 1. The zero-order chi connectivity index (χ0) is 12.7. The van der Waals surface area contributed by atoms with E-state index in [9.17, 15) is 0 Å². The van der Waals surface area contributed by atoms with Crippen molar-refractivity contribution in [1.82, 2.24) is 5.43 Å². The molecule has 0 saturated heterocycles. The van der Waals surface area contributed by atoms with Crippen molar-refractivity contribution >= 4 is 39.5 Å². The van der Waals surface area contributed by atoms with Crippen molar-refractivity contribution in [3.8, 4) is 5.75 Å². The Balaban J connectivity index is 2.82. The third-order valence-corrected chi connectivity index (χ3v) is 2.40. The number of benzene rings is 1. The molecule has 0 heterocycles. The van der Waals surface area contributed by atoms with Crippen LogP contribution >= 0.6 is 28.1 Å². The molecule has 0 amide bonds. The van der Waals surface area contributed by atoms with Gasteiger partial charge >= 0.3 is 0 Å². The molecule has 0 aliphatic carbocycles. The third kappa shape index (κ3) is 5.14. The lowest BCUT2D eigenvalue weighted by molar-refractivity contribution is 0.317. The first-order valence-electron chi connectivity index (χ1n) is 5.14. The third-order valence-electron chi connectivity index (χ3n) is 1.81. The molecule has 6 heteroatoms. The number of thiocarbonyl (C=S) groups is 1. The summed E-state index contributed by atoms with van der Waals surface area (Å²) in [6, 6.07) is 5.72. The molecule has 1 rings (SSSR count). The number of hydrogen-bond donors (Lipinski definition) is 2. The average Bonchev–Trinajstić information content (AvgIpc) is 2.27. The molecule has 92 valence electrons. The van der Waals surface area contributed by atoms with E-state index in [0.29, 0.717) is 6.61 Å². The molecule has 0 aliphatic rings. The van der Waals surface area contributed by atoms with Crippen molar-refractivity contribution in [3.63, 3.8) is 0 Å². The van der Waals surface area contributed by atoms with E-state index in [2.05, 4.69) is 45.6 Å². The predicted molar refractivity (Wildman–Crippen MR) is 77.4 cm³/mol. The van der Waals surface area contributed by atoms with Crippen molar-refractivity contribution in [2.75, 3.05) is 6.61 Å². The SMILES string of the molecule is CCCOc1ccc(Br)cc1C=NNC(N)=S. The fourth-order valence-corrected chi connectivity index (χ4v) is 1.56. The van der Waals surface area contributed by atoms with E-state index in [1.807, 2.05) is 18.2 Å². The number of nitrogens with zero attached hydrogens (tertiary/aromatic N) is 1. The van der Waals surface area contributed by atoms with Crippen LogP contribution in [0, 0.1) is 0 Å². The van der Waals surface area contributed by atoms with E-state index in [1.165, 1.54) is 0 Å². The van der Waals surface area contributed by atoms with Gasteiger partial charge in [0.25, 0.3) is 0 Å². The standard InChI is InChI=1S/C11H14BrN3OS/c1-2-5-16-10-4-3-9(12)6-8(10)7-14-15-11(13)17/h3-4,6-7H,2,5H2,1H3,(H3,13,15,17). The van der Waals surface area contributed by atoms with Gasteiger partial charge in [-0.15, -0.1) is 0 Å². The smallest absolute Gasteiger partial charge is 0.184 e. The summed E-state index contributed by atoms with van der Waals surface area (Å²) < 4.78 is 6.55. The number of hydrogen-bond acceptors (Lipinski definition) is 3. The highest BCUT2D eigenvalue weighted by atomic mass is 79.9. The van der Waals surface area contributed by atoms with Gasteiger partial charge in [-0.25, -0.2) is 0 Å². The quantitative estimate of drug-likeness (QED) is 0.497. The molecular formula is C11H14BrN3OS. The van der Waals surface area contributed by atoms with Crippen LogP contribution in [0.2, 0.25) is 0 Å². The van der Waals surface area contributed by atoms with Gasteiger partial charge in [-0.05, 0) is 36.8 Å². The van der Waals surface area contributed by atoms with Gasteiger partial charge in [-0.1, -0.05) is 22.9 Å². The fourth-order valence-electron chi connectivity index (χ4n) is 1.13. The maximum absolute atomic E-state index is 5.59. The molecule has 0 spiro atoms. The zero-order valence-electron chi connectivity index (χ0n) is 9.44. The van der Waals surface area contributed by atoms with Crippen LogP contribution in [-0.2, 0) is 0 Å². The van der Waals surface area contributed by atoms with Crippen LogP contribution in [-0.4, -0.2) is 17.9 Å². The minimum Gasteiger partial charge on any atom is -0.493 e. The Bertz CT molecular complexity index is 423. The van der Waals surface area contributed by atoms with Crippen LogP contribution in [0.5, 0.6) is 5.75 Å². The summed E-state index contributed by atoms with van der Waals surface area (Å²) in [6.45, 7) is 2.73. The lowest BCUT2D eigenvalue weighted by Crippen LogP contribution is -2.24. The molecule has 17 heavy (non-hydrogen) atoms. The van der Waals surface area contributed by atoms with Gasteiger partial charge in [0.2, 0.25) is 0 Å². The molecule has 4 nitrogen and oxygen atoms in total. The molecule has 3 N–H and O–H groups in total. The monoisotopic (exact) mass is 315 g/mol. The summed E-state index contributed by atoms with van der Waals surface area (Å²) in [5.74, 6) is 0.781. The Morgan fingerprint density at radius 1 is 1.65 bits per heavy atom. The normalized spacial score (nSPS) is 10.5. The van der Waals surface area contributed by atoms with E-state index in [-0.39, 0.29) is 5.11 Å². The molecule has 0 bridgehead atoms. The summed E-state index contributed by atoms with van der Waals surface area (Å²) in [4.78, 5) is 0. The van der Waals surface area contributed by atoms with Gasteiger partial charge < -0.3 is 10.5 Å². The molecular weight excluding hydrogens is 302 g/mol. The summed E-state index contributed by atoms with van der Waals surface area (Å²) >= 11 is 8.05. The first-order chi connectivity index (χ1) is 8.13. The van der Waals surface area contributed by atoms with E-state index in [4.69, 9.17) is 10.5 Å². The van der Waals surface area contributed by atoms with E-state index in [1.54, 1.807) is 6.21 Å². The Morgan fingerprint density at radius 2 is 2.41 bits per heavy atom. The predicted octanol–water partition coefficient (Wildman–Crippen LogP) is 2.40. The van der Waals surface area contributed by atoms with Crippen molar-refractivity contribution in [3.05, 3.63) is 28.2 Å². The molecule has 0 aliphatic heterocycles. The van der Waals surface area contributed by atoms with Gasteiger partial charge in [-0.3, -0.25) is 5.43 Å². The van der Waals surface area contributed by atoms with Crippen molar-refractivity contribution in [2.24, 2.45) is 10.8 Å². The number of ether oxygens (including phenoxy) is 1. The van der Waals surface area contributed by atoms with Crippen molar-refractivity contribution in [1.29, 1.82) is 0 Å². The van der Waals surface area contributed by atoms with Gasteiger partial charge in [0.15, 0.2) is 5.11 Å². The maximum Gasteiger partial charge on any atom is 0.184 e. The zero-order valence-corrected chi connectivity index (χ0v) is 11.8. The number of nitrogens with one attached hydrogen (secondary N) is 1. The highest BCUT2D eigenvalue weighted by Gasteiger charge is 2.02. The molecule has 0 aromatic heterocycles. The Morgan fingerprint density at radius 3 is 3.06 bits per heavy atom. The molecule has 0 fully saturated rings. The second kappa shape index (κ2) is 7.24. The van der Waals surface area contributed by atoms with Crippen LogP contribution in [0.25, 0.3) is 0 Å². The van der Waals surface area contributed by atoms with Crippen LogP contribution in [0.3, 0.4) is 0 Å².